The monoisotopic (exact) mass is 368 g/mol. The molecule has 0 aliphatic carbocycles. The third-order valence-electron chi connectivity index (χ3n) is 3.97. The predicted octanol–water partition coefficient (Wildman–Crippen LogP) is 6.15. The van der Waals surface area contributed by atoms with E-state index in [-0.39, 0.29) is 0 Å². The predicted molar refractivity (Wildman–Crippen MR) is 103 cm³/mol. The maximum Gasteiger partial charge on any atom is 0.134 e. The first-order valence-corrected chi connectivity index (χ1v) is 8.57. The third kappa shape index (κ3) is 3.34. The Hall–Kier alpha value is -2.49. The van der Waals surface area contributed by atoms with E-state index in [0.29, 0.717) is 16.6 Å². The number of para-hydroxylation sites is 2. The highest BCUT2D eigenvalue weighted by atomic mass is 35.5. The molecule has 25 heavy (non-hydrogen) atoms. The Bertz CT molecular complexity index is 1050. The van der Waals surface area contributed by atoms with Gasteiger partial charge in [-0.15, -0.1) is 0 Å². The van der Waals surface area contributed by atoms with Crippen LogP contribution in [-0.4, -0.2) is 9.55 Å². The average Bonchev–Trinajstić information content (AvgIpc) is 3.23. The molecule has 124 valence electrons. The second kappa shape index (κ2) is 6.79. The lowest BCUT2D eigenvalue weighted by atomic mass is 10.2. The van der Waals surface area contributed by atoms with Crippen LogP contribution in [0.4, 0.5) is 0 Å². The van der Waals surface area contributed by atoms with Crippen molar-refractivity contribution in [3.63, 3.8) is 0 Å². The molecule has 2 aromatic carbocycles. The highest BCUT2D eigenvalue weighted by Gasteiger charge is 2.11. The van der Waals surface area contributed by atoms with E-state index in [4.69, 9.17) is 32.6 Å². The molecule has 3 nitrogen and oxygen atoms in total. The molecule has 2 aromatic heterocycles. The molecule has 0 amide bonds. The molecular weight excluding hydrogens is 355 g/mol. The molecule has 4 aromatic rings. The number of halogens is 2. The van der Waals surface area contributed by atoms with Gasteiger partial charge < -0.3 is 8.98 Å². The average molecular weight is 369 g/mol. The first kappa shape index (κ1) is 16.0. The molecule has 0 unspecified atom stereocenters. The van der Waals surface area contributed by atoms with Crippen LogP contribution in [0.2, 0.25) is 10.0 Å². The zero-order valence-corrected chi connectivity index (χ0v) is 14.7. The summed E-state index contributed by atoms with van der Waals surface area (Å²) >= 11 is 12.4. The van der Waals surface area contributed by atoms with Crippen molar-refractivity contribution in [1.29, 1.82) is 0 Å². The molecule has 0 aliphatic rings. The zero-order chi connectivity index (χ0) is 17.2. The summed E-state index contributed by atoms with van der Waals surface area (Å²) in [6.07, 6.45) is 5.50. The number of hydrogen-bond donors (Lipinski definition) is 0. The van der Waals surface area contributed by atoms with Gasteiger partial charge >= 0.3 is 0 Å². The van der Waals surface area contributed by atoms with Gasteiger partial charge in [-0.2, -0.15) is 0 Å². The fourth-order valence-electron chi connectivity index (χ4n) is 2.75. The molecular formula is C20H14Cl2N2O. The van der Waals surface area contributed by atoms with Crippen LogP contribution in [0.1, 0.15) is 17.1 Å². The number of hydrogen-bond acceptors (Lipinski definition) is 2. The summed E-state index contributed by atoms with van der Waals surface area (Å²) in [4.78, 5) is 4.72. The topological polar surface area (TPSA) is 31.0 Å². The van der Waals surface area contributed by atoms with Crippen molar-refractivity contribution in [3.05, 3.63) is 88.1 Å². The normalized spacial score (nSPS) is 11.6. The van der Waals surface area contributed by atoms with Crippen LogP contribution in [0.15, 0.2) is 65.3 Å². The fourth-order valence-corrected chi connectivity index (χ4v) is 3.22. The summed E-state index contributed by atoms with van der Waals surface area (Å²) in [7, 11) is 0. The molecule has 0 spiro atoms. The Morgan fingerprint density at radius 3 is 2.68 bits per heavy atom. The lowest BCUT2D eigenvalue weighted by molar-refractivity contribution is 0.557. The van der Waals surface area contributed by atoms with Crippen LogP contribution >= 0.6 is 23.2 Å². The van der Waals surface area contributed by atoms with Crippen molar-refractivity contribution in [2.45, 2.75) is 6.54 Å². The highest BCUT2D eigenvalue weighted by molar-refractivity contribution is 6.35. The second-order valence-electron chi connectivity index (χ2n) is 5.63. The van der Waals surface area contributed by atoms with Crippen LogP contribution in [0, 0.1) is 0 Å². The van der Waals surface area contributed by atoms with Crippen LogP contribution in [0.5, 0.6) is 0 Å². The summed E-state index contributed by atoms with van der Waals surface area (Å²) in [5.74, 6) is 1.62. The molecule has 0 aliphatic heterocycles. The van der Waals surface area contributed by atoms with E-state index in [2.05, 4.69) is 10.6 Å². The van der Waals surface area contributed by atoms with Gasteiger partial charge in [-0.1, -0.05) is 41.4 Å². The number of furan rings is 1. The standard InChI is InChI=1S/C20H14Cl2N2O/c21-15-8-7-14(17(22)12-15)13-24-19-6-2-1-5-18(19)23-20(24)10-9-16-4-3-11-25-16/h1-12H,13H2/b10-9+. The van der Waals surface area contributed by atoms with Gasteiger partial charge in [-0.3, -0.25) is 0 Å². The van der Waals surface area contributed by atoms with Gasteiger partial charge in [0.1, 0.15) is 11.6 Å². The maximum absolute atomic E-state index is 6.36. The van der Waals surface area contributed by atoms with Crippen molar-refractivity contribution in [2.75, 3.05) is 0 Å². The van der Waals surface area contributed by atoms with Crippen LogP contribution in [0.3, 0.4) is 0 Å². The Morgan fingerprint density at radius 2 is 1.88 bits per heavy atom. The molecule has 5 heteroatoms. The summed E-state index contributed by atoms with van der Waals surface area (Å²) in [5, 5.41) is 1.27. The van der Waals surface area contributed by atoms with E-state index in [1.54, 1.807) is 12.3 Å². The van der Waals surface area contributed by atoms with Crippen molar-refractivity contribution in [2.24, 2.45) is 0 Å². The second-order valence-corrected chi connectivity index (χ2v) is 6.47. The molecule has 4 rings (SSSR count). The zero-order valence-electron chi connectivity index (χ0n) is 13.2. The van der Waals surface area contributed by atoms with E-state index in [0.717, 1.165) is 28.2 Å². The van der Waals surface area contributed by atoms with Crippen molar-refractivity contribution in [1.82, 2.24) is 9.55 Å². The molecule has 0 radical (unpaired) electrons. The van der Waals surface area contributed by atoms with Crippen molar-refractivity contribution < 1.29 is 4.42 Å². The molecule has 0 atom stereocenters. The minimum Gasteiger partial charge on any atom is -0.465 e. The minimum atomic E-state index is 0.605. The Morgan fingerprint density at radius 1 is 1.00 bits per heavy atom. The molecule has 0 saturated carbocycles. The molecule has 0 bridgehead atoms. The molecule has 2 heterocycles. The maximum atomic E-state index is 6.36. The smallest absolute Gasteiger partial charge is 0.134 e. The van der Waals surface area contributed by atoms with E-state index >= 15 is 0 Å². The van der Waals surface area contributed by atoms with Gasteiger partial charge in [0.25, 0.3) is 0 Å². The lowest BCUT2D eigenvalue weighted by Crippen LogP contribution is -2.02. The summed E-state index contributed by atoms with van der Waals surface area (Å²) in [6.45, 7) is 0.605. The van der Waals surface area contributed by atoms with E-state index in [9.17, 15) is 0 Å². The van der Waals surface area contributed by atoms with Crippen molar-refractivity contribution >= 4 is 46.4 Å². The largest absolute Gasteiger partial charge is 0.465 e. The quantitative estimate of drug-likeness (QED) is 0.432. The van der Waals surface area contributed by atoms with Gasteiger partial charge in [0, 0.05) is 10.0 Å². The third-order valence-corrected chi connectivity index (χ3v) is 4.55. The van der Waals surface area contributed by atoms with E-state index in [1.807, 2.05) is 54.6 Å². The number of imidazole rings is 1. The summed E-state index contributed by atoms with van der Waals surface area (Å²) in [5.41, 5.74) is 2.97. The number of rotatable bonds is 4. The lowest BCUT2D eigenvalue weighted by Gasteiger charge is -2.09. The Kier molecular flexibility index (Phi) is 4.35. The number of nitrogens with zero attached hydrogens (tertiary/aromatic N) is 2. The number of fused-ring (bicyclic) bond motifs is 1. The molecule has 0 saturated heterocycles. The molecule has 0 fully saturated rings. The van der Waals surface area contributed by atoms with Crippen molar-refractivity contribution in [3.8, 4) is 0 Å². The van der Waals surface area contributed by atoms with Gasteiger partial charge in [-0.25, -0.2) is 4.98 Å². The highest BCUT2D eigenvalue weighted by Crippen LogP contribution is 2.25. The van der Waals surface area contributed by atoms with Gasteiger partial charge in [0.05, 0.1) is 23.8 Å². The SMILES string of the molecule is Clc1ccc(Cn2c(/C=C/c3ccco3)nc3ccccc32)c(Cl)c1. The number of benzene rings is 2. The first-order valence-electron chi connectivity index (χ1n) is 7.81. The number of aromatic nitrogens is 2. The van der Waals surface area contributed by atoms with Crippen LogP contribution in [-0.2, 0) is 6.54 Å². The van der Waals surface area contributed by atoms with Gasteiger partial charge in [0.15, 0.2) is 0 Å². The first-order chi connectivity index (χ1) is 12.2. The molecule has 0 N–H and O–H groups in total. The summed E-state index contributed by atoms with van der Waals surface area (Å²) in [6, 6.07) is 17.3. The Balaban J connectivity index is 1.79. The minimum absolute atomic E-state index is 0.605. The van der Waals surface area contributed by atoms with Crippen LogP contribution < -0.4 is 0 Å². The summed E-state index contributed by atoms with van der Waals surface area (Å²) < 4.78 is 7.49. The van der Waals surface area contributed by atoms with Crippen LogP contribution in [0.25, 0.3) is 23.2 Å². The van der Waals surface area contributed by atoms with Gasteiger partial charge in [-0.05, 0) is 54.1 Å². The Labute approximate surface area is 155 Å². The van der Waals surface area contributed by atoms with Gasteiger partial charge in [0.2, 0.25) is 0 Å². The van der Waals surface area contributed by atoms with E-state index < -0.39 is 0 Å². The van der Waals surface area contributed by atoms with E-state index in [1.165, 1.54) is 0 Å². The fraction of sp³-hybridized carbons (Fsp3) is 0.0500.